The van der Waals surface area contributed by atoms with Gasteiger partial charge in [-0.2, -0.15) is 0 Å². The van der Waals surface area contributed by atoms with Crippen LogP contribution in [0.2, 0.25) is 0 Å². The molecule has 1 aromatic carbocycles. The Labute approximate surface area is 117 Å². The van der Waals surface area contributed by atoms with E-state index in [4.69, 9.17) is 5.11 Å². The Kier molecular flexibility index (Phi) is 4.09. The van der Waals surface area contributed by atoms with Gasteiger partial charge in [-0.1, -0.05) is 20.8 Å². The van der Waals surface area contributed by atoms with Gasteiger partial charge >= 0.3 is 5.97 Å². The maximum absolute atomic E-state index is 11.0. The number of aliphatic hydroxyl groups is 1. The maximum Gasteiger partial charge on any atom is 0.335 e. The van der Waals surface area contributed by atoms with Crippen LogP contribution >= 0.6 is 0 Å². The van der Waals surface area contributed by atoms with Gasteiger partial charge in [0.05, 0.1) is 29.2 Å². The zero-order chi connectivity index (χ0) is 14.9. The van der Waals surface area contributed by atoms with Crippen LogP contribution in [0.5, 0.6) is 0 Å². The smallest absolute Gasteiger partial charge is 0.335 e. The fraction of sp³-hybridized carbons (Fsp3) is 0.467. The highest BCUT2D eigenvalue weighted by atomic mass is 16.4. The van der Waals surface area contributed by atoms with Crippen LogP contribution in [0.1, 0.15) is 43.0 Å². The molecule has 20 heavy (non-hydrogen) atoms. The standard InChI is InChI=1S/C15H20N2O3/c1-4-14-16-11-7-10(15(19)20)5-6-12(11)17(14)13(8-18)9(2)3/h5-7,9,13,18H,4,8H2,1-3H3,(H,19,20). The molecule has 0 aliphatic carbocycles. The number of aryl methyl sites for hydroxylation is 1. The minimum atomic E-state index is -0.956. The summed E-state index contributed by atoms with van der Waals surface area (Å²) in [6.07, 6.45) is 0.736. The summed E-state index contributed by atoms with van der Waals surface area (Å²) in [5.74, 6) is 0.180. The first-order valence-electron chi connectivity index (χ1n) is 6.84. The van der Waals surface area contributed by atoms with E-state index in [1.54, 1.807) is 18.2 Å². The number of carbonyl (C=O) groups is 1. The second-order valence-corrected chi connectivity index (χ2v) is 5.25. The molecule has 0 spiro atoms. The van der Waals surface area contributed by atoms with E-state index >= 15 is 0 Å². The normalized spacial score (nSPS) is 13.1. The first-order chi connectivity index (χ1) is 9.49. The summed E-state index contributed by atoms with van der Waals surface area (Å²) >= 11 is 0. The lowest BCUT2D eigenvalue weighted by molar-refractivity contribution is 0.0697. The van der Waals surface area contributed by atoms with Gasteiger partial charge in [0.15, 0.2) is 0 Å². The fourth-order valence-electron chi connectivity index (χ4n) is 2.49. The number of imidazole rings is 1. The summed E-state index contributed by atoms with van der Waals surface area (Å²) in [6, 6.07) is 4.89. The second-order valence-electron chi connectivity index (χ2n) is 5.25. The summed E-state index contributed by atoms with van der Waals surface area (Å²) < 4.78 is 2.03. The second kappa shape index (κ2) is 5.63. The number of aromatic carboxylic acids is 1. The van der Waals surface area contributed by atoms with E-state index in [0.717, 1.165) is 17.8 Å². The highest BCUT2D eigenvalue weighted by molar-refractivity contribution is 5.92. The van der Waals surface area contributed by atoms with E-state index in [9.17, 15) is 9.90 Å². The number of aromatic nitrogens is 2. The number of aliphatic hydroxyl groups excluding tert-OH is 1. The van der Waals surface area contributed by atoms with Crippen molar-refractivity contribution in [1.29, 1.82) is 0 Å². The monoisotopic (exact) mass is 276 g/mol. The van der Waals surface area contributed by atoms with Gasteiger partial charge in [-0.05, 0) is 24.1 Å². The van der Waals surface area contributed by atoms with Crippen molar-refractivity contribution in [3.8, 4) is 0 Å². The number of nitrogens with zero attached hydrogens (tertiary/aromatic N) is 2. The molecular weight excluding hydrogens is 256 g/mol. The van der Waals surface area contributed by atoms with Crippen molar-refractivity contribution >= 4 is 17.0 Å². The first kappa shape index (κ1) is 14.5. The van der Waals surface area contributed by atoms with Crippen LogP contribution in [0.3, 0.4) is 0 Å². The lowest BCUT2D eigenvalue weighted by Crippen LogP contribution is -2.21. The van der Waals surface area contributed by atoms with Crippen molar-refractivity contribution < 1.29 is 15.0 Å². The van der Waals surface area contributed by atoms with Gasteiger partial charge in [0.25, 0.3) is 0 Å². The van der Waals surface area contributed by atoms with E-state index < -0.39 is 5.97 Å². The maximum atomic E-state index is 11.0. The summed E-state index contributed by atoms with van der Waals surface area (Å²) in [5, 5.41) is 18.7. The first-order valence-corrected chi connectivity index (χ1v) is 6.84. The minimum Gasteiger partial charge on any atom is -0.478 e. The van der Waals surface area contributed by atoms with Gasteiger partial charge in [0.2, 0.25) is 0 Å². The van der Waals surface area contributed by atoms with Crippen LogP contribution in [-0.4, -0.2) is 32.3 Å². The lowest BCUT2D eigenvalue weighted by Gasteiger charge is -2.23. The fourth-order valence-corrected chi connectivity index (χ4v) is 2.49. The van der Waals surface area contributed by atoms with E-state index in [-0.39, 0.29) is 24.1 Å². The largest absolute Gasteiger partial charge is 0.478 e. The topological polar surface area (TPSA) is 75.3 Å². The zero-order valence-corrected chi connectivity index (χ0v) is 12.0. The van der Waals surface area contributed by atoms with Crippen LogP contribution in [-0.2, 0) is 6.42 Å². The van der Waals surface area contributed by atoms with Gasteiger partial charge in [-0.15, -0.1) is 0 Å². The molecule has 0 fully saturated rings. The SMILES string of the molecule is CCc1nc2cc(C(=O)O)ccc2n1C(CO)C(C)C. The molecule has 2 aromatic rings. The van der Waals surface area contributed by atoms with Crippen molar-refractivity contribution in [2.75, 3.05) is 6.61 Å². The number of carboxylic acids is 1. The lowest BCUT2D eigenvalue weighted by atomic mass is 10.0. The molecule has 1 unspecified atom stereocenters. The number of fused-ring (bicyclic) bond motifs is 1. The molecule has 0 saturated carbocycles. The molecule has 5 nitrogen and oxygen atoms in total. The van der Waals surface area contributed by atoms with E-state index in [1.165, 1.54) is 0 Å². The zero-order valence-electron chi connectivity index (χ0n) is 12.0. The van der Waals surface area contributed by atoms with Crippen LogP contribution in [0.15, 0.2) is 18.2 Å². The molecule has 2 rings (SSSR count). The van der Waals surface area contributed by atoms with E-state index in [1.807, 2.05) is 11.5 Å². The molecule has 0 saturated heterocycles. The molecule has 0 aliphatic rings. The Hall–Kier alpha value is -1.88. The Morgan fingerprint density at radius 3 is 2.60 bits per heavy atom. The number of hydrogen-bond acceptors (Lipinski definition) is 3. The molecular formula is C15H20N2O3. The quantitative estimate of drug-likeness (QED) is 0.879. The third-order valence-electron chi connectivity index (χ3n) is 3.61. The van der Waals surface area contributed by atoms with Gasteiger partial charge in [-0.3, -0.25) is 0 Å². The van der Waals surface area contributed by atoms with Crippen LogP contribution < -0.4 is 0 Å². The van der Waals surface area contributed by atoms with E-state index in [0.29, 0.717) is 5.52 Å². The Morgan fingerprint density at radius 1 is 1.40 bits per heavy atom. The highest BCUT2D eigenvalue weighted by Gasteiger charge is 2.21. The predicted octanol–water partition coefficient (Wildman–Crippen LogP) is 2.49. The summed E-state index contributed by atoms with van der Waals surface area (Å²) in [7, 11) is 0. The molecule has 0 bridgehead atoms. The molecule has 0 aliphatic heterocycles. The Bertz CT molecular complexity index is 631. The number of carboxylic acid groups (broad SMARTS) is 1. The third-order valence-corrected chi connectivity index (χ3v) is 3.61. The minimum absolute atomic E-state index is 0.0385. The summed E-state index contributed by atoms with van der Waals surface area (Å²) in [6.45, 7) is 6.15. The molecule has 108 valence electrons. The molecule has 5 heteroatoms. The van der Waals surface area contributed by atoms with Gasteiger partial charge in [-0.25, -0.2) is 9.78 Å². The Balaban J connectivity index is 2.66. The van der Waals surface area contributed by atoms with Gasteiger partial charge in [0.1, 0.15) is 5.82 Å². The van der Waals surface area contributed by atoms with Gasteiger partial charge < -0.3 is 14.8 Å². The van der Waals surface area contributed by atoms with Crippen molar-refractivity contribution in [3.05, 3.63) is 29.6 Å². The van der Waals surface area contributed by atoms with E-state index in [2.05, 4.69) is 18.8 Å². The molecule has 1 aromatic heterocycles. The van der Waals surface area contributed by atoms with Crippen LogP contribution in [0.25, 0.3) is 11.0 Å². The number of hydrogen-bond donors (Lipinski definition) is 2. The molecule has 1 atom stereocenters. The van der Waals surface area contributed by atoms with Crippen molar-refractivity contribution in [3.63, 3.8) is 0 Å². The number of rotatable bonds is 5. The van der Waals surface area contributed by atoms with Crippen LogP contribution in [0, 0.1) is 5.92 Å². The van der Waals surface area contributed by atoms with Crippen molar-refractivity contribution in [2.24, 2.45) is 5.92 Å². The number of benzene rings is 1. The van der Waals surface area contributed by atoms with Crippen LogP contribution in [0.4, 0.5) is 0 Å². The predicted molar refractivity (Wildman–Crippen MR) is 77.0 cm³/mol. The van der Waals surface area contributed by atoms with Crippen molar-refractivity contribution in [2.45, 2.75) is 33.2 Å². The van der Waals surface area contributed by atoms with Gasteiger partial charge in [0, 0.05) is 6.42 Å². The summed E-state index contributed by atoms with van der Waals surface area (Å²) in [4.78, 5) is 15.5. The average Bonchev–Trinajstić information content (AvgIpc) is 2.77. The van der Waals surface area contributed by atoms with Crippen molar-refractivity contribution in [1.82, 2.24) is 9.55 Å². The summed E-state index contributed by atoms with van der Waals surface area (Å²) in [5.41, 5.74) is 1.77. The average molecular weight is 276 g/mol. The highest BCUT2D eigenvalue weighted by Crippen LogP contribution is 2.27. The Morgan fingerprint density at radius 2 is 2.10 bits per heavy atom. The molecule has 0 radical (unpaired) electrons. The third kappa shape index (κ3) is 2.41. The molecule has 0 amide bonds. The molecule has 1 heterocycles. The molecule has 2 N–H and O–H groups in total.